The lowest BCUT2D eigenvalue weighted by atomic mass is 9.92. The molecule has 1 atom stereocenters. The summed E-state index contributed by atoms with van der Waals surface area (Å²) in [4.78, 5) is 0. The van der Waals surface area contributed by atoms with Gasteiger partial charge in [-0.1, -0.05) is 53.0 Å². The molecule has 5 heteroatoms. The number of rotatable bonds is 5. The quantitative estimate of drug-likeness (QED) is 0.833. The first-order valence-electron chi connectivity index (χ1n) is 6.53. The molecule has 0 saturated carbocycles. The first-order chi connectivity index (χ1) is 10.1. The third-order valence-corrected chi connectivity index (χ3v) is 4.28. The van der Waals surface area contributed by atoms with Crippen molar-refractivity contribution in [2.24, 2.45) is 5.73 Å². The molecular formula is C16H16Cl3NO. The minimum Gasteiger partial charge on any atom is -0.494 e. The molecule has 0 aromatic heterocycles. The Bertz CT molecular complexity index is 608. The Kier molecular flexibility index (Phi) is 5.77. The highest BCUT2D eigenvalue weighted by molar-refractivity contribution is 6.37. The zero-order chi connectivity index (χ0) is 15.4. The minimum absolute atomic E-state index is 0.110. The van der Waals surface area contributed by atoms with Crippen molar-refractivity contribution in [3.63, 3.8) is 0 Å². The Hall–Kier alpha value is -0.930. The van der Waals surface area contributed by atoms with Crippen LogP contribution in [0.1, 0.15) is 17.0 Å². The Morgan fingerprint density at radius 2 is 1.67 bits per heavy atom. The molecule has 2 aromatic carbocycles. The maximum absolute atomic E-state index is 6.25. The molecule has 0 amide bonds. The molecule has 0 aliphatic rings. The summed E-state index contributed by atoms with van der Waals surface area (Å²) < 4.78 is 5.16. The van der Waals surface area contributed by atoms with Gasteiger partial charge in [0.15, 0.2) is 5.75 Å². The second kappa shape index (κ2) is 7.37. The highest BCUT2D eigenvalue weighted by Crippen LogP contribution is 2.35. The van der Waals surface area contributed by atoms with E-state index in [0.717, 1.165) is 16.1 Å². The molecule has 0 saturated heterocycles. The molecule has 0 heterocycles. The molecule has 2 nitrogen and oxygen atoms in total. The summed E-state index contributed by atoms with van der Waals surface area (Å²) in [6.07, 6.45) is 0.712. The summed E-state index contributed by atoms with van der Waals surface area (Å²) in [6, 6.07) is 11.4. The first-order valence-corrected chi connectivity index (χ1v) is 7.66. The molecule has 0 bridgehead atoms. The van der Waals surface area contributed by atoms with Crippen molar-refractivity contribution in [1.82, 2.24) is 0 Å². The van der Waals surface area contributed by atoms with Gasteiger partial charge in [-0.15, -0.1) is 0 Å². The summed E-state index contributed by atoms with van der Waals surface area (Å²) >= 11 is 18.6. The lowest BCUT2D eigenvalue weighted by molar-refractivity contribution is 0.415. The topological polar surface area (TPSA) is 35.2 Å². The molecule has 0 fully saturated rings. The number of hydrogen-bond acceptors (Lipinski definition) is 2. The summed E-state index contributed by atoms with van der Waals surface area (Å²) in [5, 5.41) is 1.71. The van der Waals surface area contributed by atoms with E-state index in [9.17, 15) is 0 Å². The van der Waals surface area contributed by atoms with E-state index >= 15 is 0 Å². The van der Waals surface area contributed by atoms with Gasteiger partial charge in [0.05, 0.1) is 17.2 Å². The summed E-state index contributed by atoms with van der Waals surface area (Å²) in [6.45, 7) is 0.491. The molecule has 2 rings (SSSR count). The average Bonchev–Trinajstić information content (AvgIpc) is 2.45. The van der Waals surface area contributed by atoms with Gasteiger partial charge in [-0.2, -0.15) is 0 Å². The molecule has 21 heavy (non-hydrogen) atoms. The Morgan fingerprint density at radius 1 is 1.05 bits per heavy atom. The third-order valence-electron chi connectivity index (χ3n) is 3.37. The normalized spacial score (nSPS) is 12.2. The number of hydrogen-bond donors (Lipinski definition) is 1. The summed E-state index contributed by atoms with van der Waals surface area (Å²) in [7, 11) is 1.54. The molecule has 0 aliphatic carbocycles. The Balaban J connectivity index is 2.29. The maximum atomic E-state index is 6.25. The van der Waals surface area contributed by atoms with E-state index in [-0.39, 0.29) is 5.92 Å². The smallest absolute Gasteiger partial charge is 0.156 e. The monoisotopic (exact) mass is 343 g/mol. The highest BCUT2D eigenvalue weighted by Gasteiger charge is 2.16. The fourth-order valence-electron chi connectivity index (χ4n) is 2.34. The van der Waals surface area contributed by atoms with E-state index in [1.165, 1.54) is 0 Å². The highest BCUT2D eigenvalue weighted by atomic mass is 35.5. The lowest BCUT2D eigenvalue weighted by Crippen LogP contribution is -2.15. The molecule has 2 N–H and O–H groups in total. The van der Waals surface area contributed by atoms with E-state index < -0.39 is 0 Å². The second-order valence-electron chi connectivity index (χ2n) is 4.75. The van der Waals surface area contributed by atoms with Crippen LogP contribution in [-0.2, 0) is 6.42 Å². The van der Waals surface area contributed by atoms with Gasteiger partial charge in [-0.25, -0.2) is 0 Å². The predicted octanol–water partition coefficient (Wildman–Crippen LogP) is 4.94. The summed E-state index contributed by atoms with van der Waals surface area (Å²) in [5.41, 5.74) is 7.94. The van der Waals surface area contributed by atoms with Crippen LogP contribution < -0.4 is 10.5 Å². The van der Waals surface area contributed by atoms with Crippen LogP contribution in [0.15, 0.2) is 36.4 Å². The van der Waals surface area contributed by atoms with Crippen LogP contribution in [-0.4, -0.2) is 13.7 Å². The number of halogens is 3. The van der Waals surface area contributed by atoms with Gasteiger partial charge >= 0.3 is 0 Å². The van der Waals surface area contributed by atoms with Crippen LogP contribution in [0.3, 0.4) is 0 Å². The van der Waals surface area contributed by atoms with E-state index in [1.807, 2.05) is 36.4 Å². The van der Waals surface area contributed by atoms with Crippen molar-refractivity contribution in [2.45, 2.75) is 12.3 Å². The largest absolute Gasteiger partial charge is 0.494 e. The predicted molar refractivity (Wildman–Crippen MR) is 90.0 cm³/mol. The number of methoxy groups -OCH3 is 1. The van der Waals surface area contributed by atoms with Crippen molar-refractivity contribution in [3.05, 3.63) is 62.6 Å². The number of benzene rings is 2. The second-order valence-corrected chi connectivity index (χ2v) is 5.97. The van der Waals surface area contributed by atoms with Crippen molar-refractivity contribution >= 4 is 34.8 Å². The Morgan fingerprint density at radius 3 is 2.19 bits per heavy atom. The lowest BCUT2D eigenvalue weighted by Gasteiger charge is -2.18. The molecular weight excluding hydrogens is 329 g/mol. The zero-order valence-corrected chi connectivity index (χ0v) is 13.8. The zero-order valence-electron chi connectivity index (χ0n) is 11.6. The molecule has 0 spiro atoms. The summed E-state index contributed by atoms with van der Waals surface area (Å²) in [5.74, 6) is 0.600. The molecule has 112 valence electrons. The van der Waals surface area contributed by atoms with Crippen LogP contribution in [0, 0.1) is 0 Å². The fraction of sp³-hybridized carbons (Fsp3) is 0.250. The van der Waals surface area contributed by atoms with Crippen molar-refractivity contribution in [2.75, 3.05) is 13.7 Å². The van der Waals surface area contributed by atoms with Crippen LogP contribution in [0.5, 0.6) is 5.75 Å². The Labute approximate surface area is 139 Å². The molecule has 0 aliphatic heterocycles. The number of nitrogens with two attached hydrogens (primary N) is 1. The molecule has 1 unspecified atom stereocenters. The minimum atomic E-state index is 0.110. The third kappa shape index (κ3) is 3.83. The van der Waals surface area contributed by atoms with Gasteiger partial charge in [0.2, 0.25) is 0 Å². The van der Waals surface area contributed by atoms with Gasteiger partial charge in [-0.05, 0) is 42.3 Å². The SMILES string of the molecule is COc1c(Cl)cc(CC(CN)c2ccccc2Cl)cc1Cl. The van der Waals surface area contributed by atoms with Gasteiger partial charge < -0.3 is 10.5 Å². The van der Waals surface area contributed by atoms with Crippen molar-refractivity contribution in [1.29, 1.82) is 0 Å². The van der Waals surface area contributed by atoms with E-state index in [4.69, 9.17) is 45.3 Å². The maximum Gasteiger partial charge on any atom is 0.156 e. The van der Waals surface area contributed by atoms with Gasteiger partial charge in [0, 0.05) is 10.9 Å². The number of ether oxygens (including phenoxy) is 1. The first kappa shape index (κ1) is 16.4. The van der Waals surface area contributed by atoms with Gasteiger partial charge in [0.25, 0.3) is 0 Å². The van der Waals surface area contributed by atoms with Crippen LogP contribution in [0.25, 0.3) is 0 Å². The van der Waals surface area contributed by atoms with E-state index in [1.54, 1.807) is 7.11 Å². The van der Waals surface area contributed by atoms with Crippen LogP contribution >= 0.6 is 34.8 Å². The standard InChI is InChI=1S/C16H16Cl3NO/c1-21-16-14(18)7-10(8-15(16)19)6-11(9-20)12-4-2-3-5-13(12)17/h2-5,7-8,11H,6,9,20H2,1H3. The van der Waals surface area contributed by atoms with Crippen molar-refractivity contribution < 1.29 is 4.74 Å². The van der Waals surface area contributed by atoms with E-state index in [0.29, 0.717) is 28.8 Å². The van der Waals surface area contributed by atoms with Crippen LogP contribution in [0.4, 0.5) is 0 Å². The molecule has 2 aromatic rings. The van der Waals surface area contributed by atoms with Gasteiger partial charge in [-0.3, -0.25) is 0 Å². The fourth-order valence-corrected chi connectivity index (χ4v) is 3.31. The van der Waals surface area contributed by atoms with Gasteiger partial charge in [0.1, 0.15) is 0 Å². The van der Waals surface area contributed by atoms with Crippen molar-refractivity contribution in [3.8, 4) is 5.75 Å². The van der Waals surface area contributed by atoms with Crippen LogP contribution in [0.2, 0.25) is 15.1 Å². The molecule has 0 radical (unpaired) electrons. The van der Waals surface area contributed by atoms with E-state index in [2.05, 4.69) is 0 Å². The average molecular weight is 345 g/mol.